The largest absolute Gasteiger partial charge is 0.455 e. The van der Waals surface area contributed by atoms with E-state index < -0.39 is 18.7 Å². The monoisotopic (exact) mass is 284 g/mol. The van der Waals surface area contributed by atoms with Gasteiger partial charge in [0.1, 0.15) is 6.61 Å². The zero-order valence-corrected chi connectivity index (χ0v) is 10.4. The van der Waals surface area contributed by atoms with Crippen molar-refractivity contribution in [2.75, 3.05) is 13.2 Å². The van der Waals surface area contributed by atoms with Gasteiger partial charge in [0.25, 0.3) is 0 Å². The van der Waals surface area contributed by atoms with Crippen LogP contribution in [-0.2, 0) is 4.74 Å². The first-order valence-corrected chi connectivity index (χ1v) is 6.08. The van der Waals surface area contributed by atoms with Crippen LogP contribution in [0.3, 0.4) is 0 Å². The van der Waals surface area contributed by atoms with Gasteiger partial charge in [-0.25, -0.2) is 0 Å². The third kappa shape index (κ3) is 4.93. The van der Waals surface area contributed by atoms with Gasteiger partial charge in [-0.1, -0.05) is 18.2 Å². The molecule has 0 amide bonds. The number of allylic oxidation sites excluding steroid dienone is 2. The second kappa shape index (κ2) is 6.50. The number of alkyl halides is 5. The molecule has 110 valence electrons. The lowest BCUT2D eigenvalue weighted by Gasteiger charge is -2.18. The van der Waals surface area contributed by atoms with Gasteiger partial charge in [-0.05, 0) is 31.1 Å². The smallest absolute Gasteiger partial charge is 0.371 e. The molecule has 0 aliphatic heterocycles. The molecule has 0 aromatic carbocycles. The molecule has 0 N–H and O–H groups in total. The minimum Gasteiger partial charge on any atom is -0.371 e. The van der Waals surface area contributed by atoms with Crippen molar-refractivity contribution >= 4 is 0 Å². The molecule has 1 aliphatic carbocycles. The summed E-state index contributed by atoms with van der Waals surface area (Å²) in [6.45, 7) is 1.82. The van der Waals surface area contributed by atoms with E-state index >= 15 is 0 Å². The van der Waals surface area contributed by atoms with Crippen molar-refractivity contribution in [1.29, 1.82) is 0 Å². The normalized spacial score (nSPS) is 25.1. The Balaban J connectivity index is 2.23. The van der Waals surface area contributed by atoms with Crippen molar-refractivity contribution in [3.05, 3.63) is 24.8 Å². The first-order valence-electron chi connectivity index (χ1n) is 6.08. The predicted molar refractivity (Wildman–Crippen MR) is 62.0 cm³/mol. The van der Waals surface area contributed by atoms with Crippen molar-refractivity contribution in [1.82, 2.24) is 0 Å². The summed E-state index contributed by atoms with van der Waals surface area (Å²) in [6.07, 6.45) is 2.60. The van der Waals surface area contributed by atoms with Crippen molar-refractivity contribution in [2.45, 2.75) is 31.4 Å². The molecule has 2 atom stereocenters. The van der Waals surface area contributed by atoms with Crippen molar-refractivity contribution in [3.63, 3.8) is 0 Å². The summed E-state index contributed by atoms with van der Waals surface area (Å²) in [6, 6.07) is 0. The van der Waals surface area contributed by atoms with Crippen LogP contribution in [-0.4, -0.2) is 25.3 Å². The van der Waals surface area contributed by atoms with E-state index in [1.54, 1.807) is 0 Å². The summed E-state index contributed by atoms with van der Waals surface area (Å²) in [5.74, 6) is -4.00. The maximum Gasteiger partial charge on any atom is 0.455 e. The van der Waals surface area contributed by atoms with Crippen LogP contribution in [0, 0.1) is 11.8 Å². The van der Waals surface area contributed by atoms with E-state index in [1.165, 1.54) is 6.08 Å². The molecule has 0 radical (unpaired) electrons. The predicted octanol–water partition coefficient (Wildman–Crippen LogP) is 4.36. The number of rotatable bonds is 6. The Morgan fingerprint density at radius 3 is 2.26 bits per heavy atom. The molecule has 19 heavy (non-hydrogen) atoms. The lowest BCUT2D eigenvalue weighted by Crippen LogP contribution is -2.40. The van der Waals surface area contributed by atoms with Gasteiger partial charge in [-0.3, -0.25) is 0 Å². The topological polar surface area (TPSA) is 9.23 Å². The van der Waals surface area contributed by atoms with Gasteiger partial charge in [0.15, 0.2) is 0 Å². The summed E-state index contributed by atoms with van der Waals surface area (Å²) >= 11 is 0. The van der Waals surface area contributed by atoms with Gasteiger partial charge in [-0.15, -0.1) is 6.58 Å². The van der Waals surface area contributed by atoms with E-state index in [0.717, 1.165) is 19.3 Å². The fourth-order valence-electron chi connectivity index (χ4n) is 2.03. The van der Waals surface area contributed by atoms with E-state index in [4.69, 9.17) is 0 Å². The SMILES string of the molecule is C=CC1CCC(/C=C/COCC(F)(F)C(F)(F)F)C1. The zero-order chi connectivity index (χ0) is 14.5. The van der Waals surface area contributed by atoms with Gasteiger partial charge < -0.3 is 4.74 Å². The Morgan fingerprint density at radius 2 is 1.74 bits per heavy atom. The molecule has 0 bridgehead atoms. The fourth-order valence-corrected chi connectivity index (χ4v) is 2.03. The number of hydrogen-bond donors (Lipinski definition) is 0. The maximum absolute atomic E-state index is 12.5. The molecule has 1 saturated carbocycles. The Morgan fingerprint density at radius 1 is 1.11 bits per heavy atom. The Bertz CT molecular complexity index is 321. The van der Waals surface area contributed by atoms with E-state index in [0.29, 0.717) is 11.8 Å². The average molecular weight is 284 g/mol. The van der Waals surface area contributed by atoms with Crippen molar-refractivity contribution in [2.24, 2.45) is 11.8 Å². The first kappa shape index (κ1) is 16.1. The van der Waals surface area contributed by atoms with E-state index in [9.17, 15) is 22.0 Å². The zero-order valence-electron chi connectivity index (χ0n) is 10.4. The Kier molecular flexibility index (Phi) is 5.52. The fraction of sp³-hybridized carbons (Fsp3) is 0.692. The lowest BCUT2D eigenvalue weighted by molar-refractivity contribution is -0.295. The second-order valence-corrected chi connectivity index (χ2v) is 4.71. The number of hydrogen-bond acceptors (Lipinski definition) is 1. The molecule has 0 saturated heterocycles. The van der Waals surface area contributed by atoms with Crippen molar-refractivity contribution in [3.8, 4) is 0 Å². The number of halogens is 5. The van der Waals surface area contributed by atoms with Gasteiger partial charge in [-0.2, -0.15) is 22.0 Å². The van der Waals surface area contributed by atoms with Gasteiger partial charge in [0, 0.05) is 0 Å². The molecule has 1 aliphatic rings. The quantitative estimate of drug-likeness (QED) is 0.400. The van der Waals surface area contributed by atoms with Gasteiger partial charge in [0.05, 0.1) is 6.61 Å². The molecule has 1 fully saturated rings. The molecule has 1 nitrogen and oxygen atoms in total. The van der Waals surface area contributed by atoms with E-state index in [-0.39, 0.29) is 6.61 Å². The highest BCUT2D eigenvalue weighted by atomic mass is 19.4. The minimum absolute atomic E-state index is 0.235. The Labute approximate surface area is 109 Å². The second-order valence-electron chi connectivity index (χ2n) is 4.71. The Hall–Kier alpha value is -0.910. The van der Waals surface area contributed by atoms with Gasteiger partial charge >= 0.3 is 12.1 Å². The van der Waals surface area contributed by atoms with E-state index in [1.807, 2.05) is 12.2 Å². The summed E-state index contributed by atoms with van der Waals surface area (Å²) < 4.78 is 64.7. The van der Waals surface area contributed by atoms with Crippen LogP contribution < -0.4 is 0 Å². The molecule has 1 rings (SSSR count). The van der Waals surface area contributed by atoms with Crippen molar-refractivity contribution < 1.29 is 26.7 Å². The lowest BCUT2D eigenvalue weighted by atomic mass is 10.0. The highest BCUT2D eigenvalue weighted by molar-refractivity contribution is 4.97. The van der Waals surface area contributed by atoms with Gasteiger partial charge in [0.2, 0.25) is 0 Å². The highest BCUT2D eigenvalue weighted by Crippen LogP contribution is 2.35. The third-order valence-electron chi connectivity index (χ3n) is 3.17. The third-order valence-corrected chi connectivity index (χ3v) is 3.17. The molecule has 0 spiro atoms. The molecule has 6 heteroatoms. The van der Waals surface area contributed by atoms with E-state index in [2.05, 4.69) is 11.3 Å². The standard InChI is InChI=1S/C13H17F5O/c1-2-10-5-6-11(8-10)4-3-7-19-9-12(14,15)13(16,17)18/h2-4,10-11H,1,5-9H2/b4-3+. The average Bonchev–Trinajstić information content (AvgIpc) is 2.75. The van der Waals surface area contributed by atoms with Crippen LogP contribution >= 0.6 is 0 Å². The first-order chi connectivity index (χ1) is 8.76. The minimum atomic E-state index is -5.56. The summed E-state index contributed by atoms with van der Waals surface area (Å²) in [4.78, 5) is 0. The number of ether oxygens (including phenoxy) is 1. The summed E-state index contributed by atoms with van der Waals surface area (Å²) in [5.41, 5.74) is 0. The van der Waals surface area contributed by atoms with Crippen LogP contribution in [0.15, 0.2) is 24.8 Å². The molecular formula is C13H17F5O. The highest BCUT2D eigenvalue weighted by Gasteiger charge is 2.57. The molecule has 0 aromatic heterocycles. The molecule has 0 heterocycles. The van der Waals surface area contributed by atoms with Crippen LogP contribution in [0.5, 0.6) is 0 Å². The molecule has 0 aromatic rings. The summed E-state index contributed by atoms with van der Waals surface area (Å²) in [5, 5.41) is 0. The van der Waals surface area contributed by atoms with Crippen LogP contribution in [0.4, 0.5) is 22.0 Å². The molecular weight excluding hydrogens is 267 g/mol. The molecule has 2 unspecified atom stereocenters. The van der Waals surface area contributed by atoms with Crippen LogP contribution in [0.2, 0.25) is 0 Å². The van der Waals surface area contributed by atoms with Crippen LogP contribution in [0.25, 0.3) is 0 Å². The summed E-state index contributed by atoms with van der Waals surface area (Å²) in [7, 11) is 0. The maximum atomic E-state index is 12.5. The van der Waals surface area contributed by atoms with Crippen LogP contribution in [0.1, 0.15) is 19.3 Å².